The van der Waals surface area contributed by atoms with Crippen LogP contribution in [0.1, 0.15) is 56.9 Å². The van der Waals surface area contributed by atoms with Crippen molar-refractivity contribution in [1.29, 1.82) is 0 Å². The summed E-state index contributed by atoms with van der Waals surface area (Å²) in [6.07, 6.45) is 6.76. The minimum Gasteiger partial charge on any atom is -0.273 e. The fourth-order valence-electron chi connectivity index (χ4n) is 3.30. The second-order valence-corrected chi connectivity index (χ2v) is 6.37. The number of nitrogens with one attached hydrogen (secondary N) is 1. The molecule has 2 atom stereocenters. The van der Waals surface area contributed by atoms with E-state index in [4.69, 9.17) is 0 Å². The zero-order valence-corrected chi connectivity index (χ0v) is 12.7. The lowest BCUT2D eigenvalue weighted by Crippen LogP contribution is -2.23. The Morgan fingerprint density at radius 3 is 2.62 bits per heavy atom. The monoisotopic (exact) mass is 284 g/mol. The van der Waals surface area contributed by atoms with E-state index in [9.17, 15) is 4.79 Å². The van der Waals surface area contributed by atoms with Gasteiger partial charge in [-0.2, -0.15) is 5.10 Å². The van der Waals surface area contributed by atoms with Gasteiger partial charge in [0.25, 0.3) is 0 Å². The van der Waals surface area contributed by atoms with Crippen molar-refractivity contribution in [2.75, 3.05) is 0 Å². The highest BCUT2D eigenvalue weighted by Gasteiger charge is 2.43. The van der Waals surface area contributed by atoms with Gasteiger partial charge in [0, 0.05) is 11.6 Å². The quantitative estimate of drug-likeness (QED) is 0.838. The third-order valence-electron chi connectivity index (χ3n) is 4.94. The van der Waals surface area contributed by atoms with Crippen LogP contribution in [0, 0.1) is 11.8 Å². The predicted octanol–water partition coefficient (Wildman–Crippen LogP) is 3.86. The van der Waals surface area contributed by atoms with Gasteiger partial charge in [-0.25, -0.2) is 5.43 Å². The van der Waals surface area contributed by atoms with Crippen molar-refractivity contribution < 1.29 is 4.79 Å². The molecule has 1 aromatic carbocycles. The summed E-state index contributed by atoms with van der Waals surface area (Å²) in [5, 5.41) is 4.36. The first-order valence-corrected chi connectivity index (χ1v) is 8.18. The van der Waals surface area contributed by atoms with E-state index in [1.165, 1.54) is 30.5 Å². The minimum atomic E-state index is 0.0916. The van der Waals surface area contributed by atoms with Crippen LogP contribution in [-0.2, 0) is 4.79 Å². The van der Waals surface area contributed by atoms with E-state index in [1.54, 1.807) is 0 Å². The summed E-state index contributed by atoms with van der Waals surface area (Å²) in [6, 6.07) is 10.3. The molecule has 0 aromatic heterocycles. The molecule has 0 aliphatic heterocycles. The van der Waals surface area contributed by atoms with Gasteiger partial charge in [0.2, 0.25) is 5.91 Å². The second kappa shape index (κ2) is 6.42. The maximum atomic E-state index is 12.1. The average Bonchev–Trinajstić information content (AvgIpc) is 3.35. The highest BCUT2D eigenvalue weighted by atomic mass is 16.2. The summed E-state index contributed by atoms with van der Waals surface area (Å²) in [5.41, 5.74) is 5.24. The van der Waals surface area contributed by atoms with Gasteiger partial charge in [-0.15, -0.1) is 0 Å². The summed E-state index contributed by atoms with van der Waals surface area (Å²) in [4.78, 5) is 12.1. The lowest BCUT2D eigenvalue weighted by Gasteiger charge is -2.21. The van der Waals surface area contributed by atoms with Gasteiger partial charge in [0.15, 0.2) is 0 Å². The molecule has 2 aliphatic carbocycles. The molecule has 3 nitrogen and oxygen atoms in total. The number of hydrogen-bond donors (Lipinski definition) is 1. The summed E-state index contributed by atoms with van der Waals surface area (Å²) in [5.74, 6) is 1.45. The van der Waals surface area contributed by atoms with Crippen molar-refractivity contribution in [3.63, 3.8) is 0 Å². The van der Waals surface area contributed by atoms with Crippen molar-refractivity contribution >= 4 is 11.6 Å². The minimum absolute atomic E-state index is 0.0916. The van der Waals surface area contributed by atoms with E-state index in [1.807, 2.05) is 18.2 Å². The molecule has 1 N–H and O–H groups in total. The number of amides is 1. The third-order valence-corrected chi connectivity index (χ3v) is 4.94. The number of rotatable bonds is 4. The molecule has 0 heterocycles. The molecule has 1 amide bonds. The van der Waals surface area contributed by atoms with Crippen molar-refractivity contribution in [3.8, 4) is 0 Å². The van der Waals surface area contributed by atoms with Crippen molar-refractivity contribution in [3.05, 3.63) is 35.9 Å². The number of nitrogens with zero attached hydrogens (tertiary/aromatic N) is 1. The molecule has 0 radical (unpaired) electrons. The first-order valence-electron chi connectivity index (χ1n) is 8.18. The summed E-state index contributed by atoms with van der Waals surface area (Å²) >= 11 is 0. The first kappa shape index (κ1) is 14.3. The summed E-state index contributed by atoms with van der Waals surface area (Å²) in [7, 11) is 0. The topological polar surface area (TPSA) is 41.5 Å². The molecule has 0 bridgehead atoms. The molecule has 2 saturated carbocycles. The molecule has 1 aromatic rings. The fourth-order valence-corrected chi connectivity index (χ4v) is 3.30. The molecule has 3 heteroatoms. The average molecular weight is 284 g/mol. The van der Waals surface area contributed by atoms with E-state index >= 15 is 0 Å². The zero-order valence-electron chi connectivity index (χ0n) is 12.7. The molecule has 2 fully saturated rings. The van der Waals surface area contributed by atoms with Crippen LogP contribution in [0.15, 0.2) is 35.4 Å². The Hall–Kier alpha value is -1.64. The van der Waals surface area contributed by atoms with E-state index in [2.05, 4.69) is 29.6 Å². The third kappa shape index (κ3) is 3.52. The number of hydrogen-bond acceptors (Lipinski definition) is 2. The lowest BCUT2D eigenvalue weighted by molar-refractivity contribution is -0.122. The SMILES string of the molecule is CCC1CCC(=NNC(=O)C2CC2c2ccccc2)CC1. The van der Waals surface area contributed by atoms with Crippen LogP contribution in [0.2, 0.25) is 0 Å². The Kier molecular flexibility index (Phi) is 4.37. The molecule has 0 saturated heterocycles. The lowest BCUT2D eigenvalue weighted by atomic mass is 9.86. The Bertz CT molecular complexity index is 513. The highest BCUT2D eigenvalue weighted by Crippen LogP contribution is 2.47. The van der Waals surface area contributed by atoms with Crippen molar-refractivity contribution in [2.45, 2.75) is 51.4 Å². The van der Waals surface area contributed by atoms with Crippen LogP contribution in [-0.4, -0.2) is 11.6 Å². The van der Waals surface area contributed by atoms with Gasteiger partial charge >= 0.3 is 0 Å². The maximum absolute atomic E-state index is 12.1. The van der Waals surface area contributed by atoms with Gasteiger partial charge in [0.1, 0.15) is 0 Å². The van der Waals surface area contributed by atoms with Crippen LogP contribution < -0.4 is 5.43 Å². The number of hydrazone groups is 1. The van der Waals surface area contributed by atoms with Crippen LogP contribution in [0.5, 0.6) is 0 Å². The summed E-state index contributed by atoms with van der Waals surface area (Å²) in [6.45, 7) is 2.26. The Labute approximate surface area is 126 Å². The van der Waals surface area contributed by atoms with Crippen LogP contribution in [0.3, 0.4) is 0 Å². The van der Waals surface area contributed by atoms with Crippen LogP contribution in [0.4, 0.5) is 0 Å². The van der Waals surface area contributed by atoms with Crippen molar-refractivity contribution in [1.82, 2.24) is 5.43 Å². The molecule has 3 rings (SSSR count). The molecule has 112 valence electrons. The van der Waals surface area contributed by atoms with E-state index in [0.29, 0.717) is 5.92 Å². The largest absolute Gasteiger partial charge is 0.273 e. The molecular weight excluding hydrogens is 260 g/mol. The first-order chi connectivity index (χ1) is 10.3. The summed E-state index contributed by atoms with van der Waals surface area (Å²) < 4.78 is 0. The van der Waals surface area contributed by atoms with E-state index < -0.39 is 0 Å². The fraction of sp³-hybridized carbons (Fsp3) is 0.556. The van der Waals surface area contributed by atoms with Gasteiger partial charge < -0.3 is 0 Å². The maximum Gasteiger partial charge on any atom is 0.243 e. The predicted molar refractivity (Wildman–Crippen MR) is 85.1 cm³/mol. The molecule has 2 unspecified atom stereocenters. The normalized spacial score (nSPS) is 28.0. The Morgan fingerprint density at radius 2 is 1.95 bits per heavy atom. The molecule has 21 heavy (non-hydrogen) atoms. The smallest absolute Gasteiger partial charge is 0.243 e. The second-order valence-electron chi connectivity index (χ2n) is 6.37. The highest BCUT2D eigenvalue weighted by molar-refractivity contribution is 5.88. The Balaban J connectivity index is 1.48. The van der Waals surface area contributed by atoms with Gasteiger partial charge in [-0.1, -0.05) is 43.7 Å². The molecule has 2 aliphatic rings. The number of carbonyl (C=O) groups is 1. The van der Waals surface area contributed by atoms with Gasteiger partial charge in [-0.05, 0) is 49.5 Å². The van der Waals surface area contributed by atoms with Gasteiger partial charge in [0.05, 0.1) is 0 Å². The standard InChI is InChI=1S/C18H24N2O/c1-2-13-8-10-15(11-9-13)19-20-18(21)17-12-16(17)14-6-4-3-5-7-14/h3-7,13,16-17H,2,8-12H2,1H3,(H,20,21). The van der Waals surface area contributed by atoms with Crippen LogP contribution in [0.25, 0.3) is 0 Å². The van der Waals surface area contributed by atoms with E-state index in [-0.39, 0.29) is 11.8 Å². The van der Waals surface area contributed by atoms with Crippen molar-refractivity contribution in [2.24, 2.45) is 16.9 Å². The van der Waals surface area contributed by atoms with Crippen LogP contribution >= 0.6 is 0 Å². The van der Waals surface area contributed by atoms with Gasteiger partial charge in [-0.3, -0.25) is 4.79 Å². The number of carbonyl (C=O) groups excluding carboxylic acids is 1. The number of benzene rings is 1. The molecular formula is C18H24N2O. The zero-order chi connectivity index (χ0) is 14.7. The molecule has 0 spiro atoms. The Morgan fingerprint density at radius 1 is 1.24 bits per heavy atom. The van der Waals surface area contributed by atoms with E-state index in [0.717, 1.165) is 25.2 Å².